The predicted molar refractivity (Wildman–Crippen MR) is 98.8 cm³/mol. The average Bonchev–Trinajstić information content (AvgIpc) is 3.09. The number of aromatic nitrogens is 2. The highest BCUT2D eigenvalue weighted by atomic mass is 19.4. The van der Waals surface area contributed by atoms with E-state index in [2.05, 4.69) is 20.0 Å². The zero-order valence-electron chi connectivity index (χ0n) is 16.9. The van der Waals surface area contributed by atoms with Crippen molar-refractivity contribution in [2.24, 2.45) is 5.92 Å². The summed E-state index contributed by atoms with van der Waals surface area (Å²) in [6, 6.07) is 3.29. The van der Waals surface area contributed by atoms with Gasteiger partial charge in [-0.2, -0.15) is 18.2 Å². The fourth-order valence-electron chi connectivity index (χ4n) is 4.17. The molecule has 1 aliphatic carbocycles. The molecular formula is C20H17F5N4O4. The van der Waals surface area contributed by atoms with Crippen LogP contribution in [0, 0.1) is 5.92 Å². The number of nitrogens with zero attached hydrogens (tertiary/aromatic N) is 3. The number of hydrogen-bond donors (Lipinski definition) is 1. The summed E-state index contributed by atoms with van der Waals surface area (Å²) < 4.78 is 74.4. The number of ether oxygens (including phenoxy) is 1. The Morgan fingerprint density at radius 3 is 2.70 bits per heavy atom. The van der Waals surface area contributed by atoms with Gasteiger partial charge in [0.05, 0.1) is 18.7 Å². The van der Waals surface area contributed by atoms with Crippen molar-refractivity contribution in [3.63, 3.8) is 0 Å². The molecule has 0 spiro atoms. The molecule has 3 heterocycles. The highest BCUT2D eigenvalue weighted by molar-refractivity contribution is 5.99. The van der Waals surface area contributed by atoms with Crippen LogP contribution in [-0.4, -0.2) is 58.1 Å². The third kappa shape index (κ3) is 3.94. The van der Waals surface area contributed by atoms with Gasteiger partial charge in [0.15, 0.2) is 0 Å². The Morgan fingerprint density at radius 2 is 2.03 bits per heavy atom. The molecular weight excluding hydrogens is 455 g/mol. The second-order valence-electron chi connectivity index (χ2n) is 8.29. The van der Waals surface area contributed by atoms with Crippen LogP contribution in [0.25, 0.3) is 11.4 Å². The molecule has 1 N–H and O–H groups in total. The van der Waals surface area contributed by atoms with E-state index in [9.17, 15) is 31.5 Å². The SMILES string of the molecule is O=C(N[C@@H]1CCOC[C@H]1N1Cc2ccc(-c3noc(C(F)(F)F)n3)cc2C1=O)[C@@H]1CC1(F)F. The maximum atomic E-state index is 13.3. The van der Waals surface area contributed by atoms with Crippen molar-refractivity contribution in [1.82, 2.24) is 20.4 Å². The van der Waals surface area contributed by atoms with Gasteiger partial charge >= 0.3 is 12.1 Å². The summed E-state index contributed by atoms with van der Waals surface area (Å²) >= 11 is 0. The molecule has 176 valence electrons. The number of carbonyl (C=O) groups is 2. The molecule has 13 heteroatoms. The van der Waals surface area contributed by atoms with Gasteiger partial charge in [0.2, 0.25) is 11.7 Å². The number of halogens is 5. The van der Waals surface area contributed by atoms with Gasteiger partial charge in [-0.1, -0.05) is 17.3 Å². The molecule has 2 amide bonds. The van der Waals surface area contributed by atoms with Crippen molar-refractivity contribution in [2.75, 3.05) is 13.2 Å². The van der Waals surface area contributed by atoms with E-state index in [1.54, 1.807) is 6.07 Å². The number of fused-ring (bicyclic) bond motifs is 1. The lowest BCUT2D eigenvalue weighted by Gasteiger charge is -2.38. The van der Waals surface area contributed by atoms with Crippen molar-refractivity contribution in [3.05, 3.63) is 35.2 Å². The summed E-state index contributed by atoms with van der Waals surface area (Å²) in [6.07, 6.45) is -4.93. The van der Waals surface area contributed by atoms with Crippen molar-refractivity contribution < 1.29 is 40.8 Å². The van der Waals surface area contributed by atoms with Gasteiger partial charge < -0.3 is 19.5 Å². The van der Waals surface area contributed by atoms with Crippen LogP contribution >= 0.6 is 0 Å². The fourth-order valence-corrected chi connectivity index (χ4v) is 4.17. The van der Waals surface area contributed by atoms with E-state index in [1.165, 1.54) is 17.0 Å². The molecule has 0 radical (unpaired) electrons. The zero-order chi connectivity index (χ0) is 23.5. The molecule has 3 aliphatic rings. The van der Waals surface area contributed by atoms with Crippen LogP contribution < -0.4 is 5.32 Å². The summed E-state index contributed by atoms with van der Waals surface area (Å²) in [4.78, 5) is 30.1. The van der Waals surface area contributed by atoms with E-state index in [-0.39, 0.29) is 30.1 Å². The molecule has 1 aromatic heterocycles. The first-order chi connectivity index (χ1) is 15.5. The average molecular weight is 472 g/mol. The Hall–Kier alpha value is -3.09. The van der Waals surface area contributed by atoms with Gasteiger partial charge in [-0.15, -0.1) is 0 Å². The molecule has 8 nitrogen and oxygen atoms in total. The maximum absolute atomic E-state index is 13.3. The van der Waals surface area contributed by atoms with Crippen molar-refractivity contribution in [3.8, 4) is 11.4 Å². The van der Waals surface area contributed by atoms with Gasteiger partial charge in [0.1, 0.15) is 5.92 Å². The third-order valence-corrected chi connectivity index (χ3v) is 6.07. The molecule has 5 rings (SSSR count). The number of nitrogens with one attached hydrogen (secondary N) is 1. The van der Waals surface area contributed by atoms with Crippen molar-refractivity contribution in [2.45, 2.75) is 43.6 Å². The third-order valence-electron chi connectivity index (χ3n) is 6.07. The molecule has 33 heavy (non-hydrogen) atoms. The molecule has 0 unspecified atom stereocenters. The summed E-state index contributed by atoms with van der Waals surface area (Å²) in [7, 11) is 0. The minimum atomic E-state index is -4.79. The highest BCUT2D eigenvalue weighted by Crippen LogP contribution is 2.48. The van der Waals surface area contributed by atoms with E-state index >= 15 is 0 Å². The molecule has 1 saturated carbocycles. The van der Waals surface area contributed by atoms with Crippen molar-refractivity contribution in [1.29, 1.82) is 0 Å². The van der Waals surface area contributed by atoms with Crippen molar-refractivity contribution >= 4 is 11.8 Å². The first kappa shape index (κ1) is 21.7. The van der Waals surface area contributed by atoms with E-state index in [0.717, 1.165) is 0 Å². The Bertz CT molecular complexity index is 1120. The number of benzene rings is 1. The summed E-state index contributed by atoms with van der Waals surface area (Å²) in [5.41, 5.74) is 1.03. The second kappa shape index (κ2) is 7.47. The Morgan fingerprint density at radius 1 is 1.27 bits per heavy atom. The monoisotopic (exact) mass is 472 g/mol. The van der Waals surface area contributed by atoms with Crippen LogP contribution in [-0.2, 0) is 22.3 Å². The smallest absolute Gasteiger partial charge is 0.379 e. The molecule has 2 fully saturated rings. The molecule has 0 bridgehead atoms. The minimum Gasteiger partial charge on any atom is -0.379 e. The number of hydrogen-bond acceptors (Lipinski definition) is 6. The summed E-state index contributed by atoms with van der Waals surface area (Å²) in [5.74, 6) is -7.33. The summed E-state index contributed by atoms with van der Waals surface area (Å²) in [5, 5.41) is 5.96. The Balaban J connectivity index is 1.34. The summed E-state index contributed by atoms with van der Waals surface area (Å²) in [6.45, 7) is 0.591. The fraction of sp³-hybridized carbons (Fsp3) is 0.500. The highest BCUT2D eigenvalue weighted by Gasteiger charge is 2.61. The van der Waals surface area contributed by atoms with Crippen LogP contribution in [0.2, 0.25) is 0 Å². The maximum Gasteiger partial charge on any atom is 0.471 e. The van der Waals surface area contributed by atoms with E-state index < -0.39 is 54.2 Å². The number of carbonyl (C=O) groups excluding carboxylic acids is 2. The van der Waals surface area contributed by atoms with Crippen LogP contribution in [0.4, 0.5) is 22.0 Å². The lowest BCUT2D eigenvalue weighted by molar-refractivity contribution is -0.159. The van der Waals surface area contributed by atoms with Gasteiger partial charge in [-0.05, 0) is 18.1 Å². The number of alkyl halides is 5. The van der Waals surface area contributed by atoms with Gasteiger partial charge in [-0.3, -0.25) is 9.59 Å². The van der Waals surface area contributed by atoms with Crippen LogP contribution in [0.1, 0.15) is 34.7 Å². The zero-order valence-corrected chi connectivity index (χ0v) is 16.9. The van der Waals surface area contributed by atoms with Gasteiger partial charge in [0.25, 0.3) is 11.8 Å². The van der Waals surface area contributed by atoms with E-state index in [4.69, 9.17) is 4.74 Å². The molecule has 3 atom stereocenters. The van der Waals surface area contributed by atoms with E-state index in [1.807, 2.05) is 0 Å². The Kier molecular flexibility index (Phi) is 4.92. The molecule has 2 aliphatic heterocycles. The first-order valence-electron chi connectivity index (χ1n) is 10.2. The lowest BCUT2D eigenvalue weighted by atomic mass is 10.0. The topological polar surface area (TPSA) is 97.6 Å². The normalized spacial score (nSPS) is 26.3. The molecule has 2 aromatic rings. The largest absolute Gasteiger partial charge is 0.471 e. The predicted octanol–water partition coefficient (Wildman–Crippen LogP) is 2.64. The minimum absolute atomic E-state index is 0.110. The van der Waals surface area contributed by atoms with E-state index in [0.29, 0.717) is 18.6 Å². The van der Waals surface area contributed by atoms with Crippen LogP contribution in [0.3, 0.4) is 0 Å². The first-order valence-corrected chi connectivity index (χ1v) is 10.2. The van der Waals surface area contributed by atoms with Gasteiger partial charge in [0, 0.05) is 30.7 Å². The van der Waals surface area contributed by atoms with Gasteiger partial charge in [-0.25, -0.2) is 8.78 Å². The lowest BCUT2D eigenvalue weighted by Crippen LogP contribution is -2.57. The quantitative estimate of drug-likeness (QED) is 0.688. The molecule has 1 saturated heterocycles. The van der Waals surface area contributed by atoms with Crippen LogP contribution in [0.5, 0.6) is 0 Å². The standard InChI is InChI=1S/C20H17F5N4O4/c21-19(22)6-12(19)16(30)26-13-3-4-32-8-14(13)29-7-10-2-1-9(5-11(10)17(29)31)15-27-18(33-28-15)20(23,24)25/h1-2,5,12-14H,3-4,6-8H2,(H,26,30)/t12-,13+,14+/m0/s1. The number of amides is 2. The number of rotatable bonds is 4. The van der Waals surface area contributed by atoms with Crippen LogP contribution in [0.15, 0.2) is 22.7 Å². The molecule has 1 aromatic carbocycles. The Labute approximate surface area is 183 Å². The second-order valence-corrected chi connectivity index (χ2v) is 8.29.